The minimum atomic E-state index is -3.76. The lowest BCUT2D eigenvalue weighted by Gasteiger charge is -2.18. The summed E-state index contributed by atoms with van der Waals surface area (Å²) in [5, 5.41) is 2.58. The molecule has 1 heterocycles. The lowest BCUT2D eigenvalue weighted by atomic mass is 10.2. The maximum atomic E-state index is 13.3. The third-order valence-electron chi connectivity index (χ3n) is 4.62. The number of benzene rings is 2. The van der Waals surface area contributed by atoms with Crippen LogP contribution in [0.5, 0.6) is 0 Å². The normalized spacial score (nSPS) is 12.6. The molecule has 1 atom stereocenters. The molecule has 2 aromatic carbocycles. The Bertz CT molecular complexity index is 1200. The number of pyridine rings is 1. The first-order valence-electron chi connectivity index (χ1n) is 9.39. The number of carbonyl (C=O) groups is 1. The van der Waals surface area contributed by atoms with E-state index in [2.05, 4.69) is 10.3 Å². The van der Waals surface area contributed by atoms with Crippen LogP contribution in [0.2, 0.25) is 10.0 Å². The summed E-state index contributed by atoms with van der Waals surface area (Å²) in [6.07, 6.45) is 5.90. The number of sulfone groups is 1. The minimum absolute atomic E-state index is 0.112. The maximum Gasteiger partial charge on any atom is 0.244 e. The van der Waals surface area contributed by atoms with Gasteiger partial charge in [0.25, 0.3) is 0 Å². The Hall–Kier alpha value is -2.67. The Balaban J connectivity index is 1.80. The lowest BCUT2D eigenvalue weighted by Crippen LogP contribution is -2.31. The van der Waals surface area contributed by atoms with E-state index in [1.54, 1.807) is 66.9 Å². The Kier molecular flexibility index (Phi) is 7.49. The Morgan fingerprint density at radius 2 is 1.87 bits per heavy atom. The average Bonchev–Trinajstić information content (AvgIpc) is 2.74. The van der Waals surface area contributed by atoms with Gasteiger partial charge in [0, 0.05) is 35.1 Å². The summed E-state index contributed by atoms with van der Waals surface area (Å²) in [5.74, 6) is -0.445. The SMILES string of the molecule is Cc1ccc(S(=O)(=O)C(CNC(=O)/C=C/c2ccc(Cl)cc2Cl)c2cccnc2)cc1. The van der Waals surface area contributed by atoms with Crippen LogP contribution in [-0.4, -0.2) is 25.9 Å². The highest BCUT2D eigenvalue weighted by Gasteiger charge is 2.29. The van der Waals surface area contributed by atoms with E-state index in [1.807, 2.05) is 6.92 Å². The van der Waals surface area contributed by atoms with Crippen LogP contribution in [0.25, 0.3) is 6.08 Å². The minimum Gasteiger partial charge on any atom is -0.351 e. The summed E-state index contributed by atoms with van der Waals surface area (Å²) in [4.78, 5) is 16.6. The summed E-state index contributed by atoms with van der Waals surface area (Å²) < 4.78 is 26.6. The third-order valence-corrected chi connectivity index (χ3v) is 7.30. The Labute approximate surface area is 191 Å². The van der Waals surface area contributed by atoms with Gasteiger partial charge < -0.3 is 5.32 Å². The van der Waals surface area contributed by atoms with Crippen molar-refractivity contribution in [3.63, 3.8) is 0 Å². The van der Waals surface area contributed by atoms with E-state index >= 15 is 0 Å². The van der Waals surface area contributed by atoms with Crippen LogP contribution < -0.4 is 5.32 Å². The smallest absolute Gasteiger partial charge is 0.244 e. The predicted octanol–water partition coefficient (Wildman–Crippen LogP) is 5.04. The molecule has 0 aliphatic heterocycles. The van der Waals surface area contributed by atoms with E-state index in [0.29, 0.717) is 21.2 Å². The largest absolute Gasteiger partial charge is 0.351 e. The van der Waals surface area contributed by atoms with Crippen LogP contribution in [0.15, 0.2) is 78.0 Å². The number of aryl methyl sites for hydroxylation is 1. The Morgan fingerprint density at radius 3 is 2.52 bits per heavy atom. The number of aromatic nitrogens is 1. The zero-order valence-electron chi connectivity index (χ0n) is 16.6. The van der Waals surface area contributed by atoms with Crippen molar-refractivity contribution in [1.82, 2.24) is 10.3 Å². The second-order valence-electron chi connectivity index (χ2n) is 6.88. The number of amides is 1. The van der Waals surface area contributed by atoms with E-state index in [0.717, 1.165) is 5.56 Å². The first-order valence-corrected chi connectivity index (χ1v) is 11.7. The highest BCUT2D eigenvalue weighted by molar-refractivity contribution is 7.91. The highest BCUT2D eigenvalue weighted by Crippen LogP contribution is 2.28. The predicted molar refractivity (Wildman–Crippen MR) is 124 cm³/mol. The molecule has 1 aromatic heterocycles. The zero-order valence-corrected chi connectivity index (χ0v) is 19.0. The molecule has 0 saturated carbocycles. The molecule has 3 aromatic rings. The van der Waals surface area contributed by atoms with Gasteiger partial charge in [-0.2, -0.15) is 0 Å². The van der Waals surface area contributed by atoms with Gasteiger partial charge in [0.1, 0.15) is 5.25 Å². The molecular weight excluding hydrogens is 455 g/mol. The number of rotatable bonds is 7. The topological polar surface area (TPSA) is 76.1 Å². The molecule has 0 radical (unpaired) electrons. The van der Waals surface area contributed by atoms with Crippen LogP contribution in [0.1, 0.15) is 21.9 Å². The molecule has 0 spiro atoms. The van der Waals surface area contributed by atoms with E-state index in [-0.39, 0.29) is 11.4 Å². The van der Waals surface area contributed by atoms with Crippen molar-refractivity contribution in [2.75, 3.05) is 6.54 Å². The molecule has 5 nitrogen and oxygen atoms in total. The van der Waals surface area contributed by atoms with E-state index < -0.39 is 21.0 Å². The lowest BCUT2D eigenvalue weighted by molar-refractivity contribution is -0.116. The standard InChI is InChI=1S/C23H20Cl2N2O3S/c1-16-4-9-20(10-5-16)31(29,30)22(18-3-2-12-26-14-18)15-27-23(28)11-7-17-6-8-19(24)13-21(17)25/h2-14,22H,15H2,1H3,(H,27,28)/b11-7+. The fraction of sp³-hybridized carbons (Fsp3) is 0.130. The molecule has 1 amide bonds. The van der Waals surface area contributed by atoms with Gasteiger partial charge in [-0.25, -0.2) is 8.42 Å². The molecule has 0 saturated heterocycles. The van der Waals surface area contributed by atoms with Gasteiger partial charge in [-0.3, -0.25) is 9.78 Å². The van der Waals surface area contributed by atoms with Crippen LogP contribution >= 0.6 is 23.2 Å². The van der Waals surface area contributed by atoms with Gasteiger partial charge in [-0.1, -0.05) is 53.0 Å². The van der Waals surface area contributed by atoms with Crippen molar-refractivity contribution in [2.45, 2.75) is 17.1 Å². The van der Waals surface area contributed by atoms with Crippen LogP contribution in [0.4, 0.5) is 0 Å². The summed E-state index contributed by atoms with van der Waals surface area (Å²) in [6, 6.07) is 14.9. The second kappa shape index (κ2) is 10.1. The molecule has 0 bridgehead atoms. The van der Waals surface area contributed by atoms with Gasteiger partial charge >= 0.3 is 0 Å². The van der Waals surface area contributed by atoms with Crippen molar-refractivity contribution in [2.24, 2.45) is 0 Å². The maximum absolute atomic E-state index is 13.3. The molecule has 3 rings (SSSR count). The number of hydrogen-bond donors (Lipinski definition) is 1. The van der Waals surface area contributed by atoms with Gasteiger partial charge in [-0.15, -0.1) is 0 Å². The summed E-state index contributed by atoms with van der Waals surface area (Å²) in [5.41, 5.74) is 2.07. The first kappa shape index (κ1) is 23.0. The van der Waals surface area contributed by atoms with Crippen LogP contribution in [-0.2, 0) is 14.6 Å². The Morgan fingerprint density at radius 1 is 1.13 bits per heavy atom. The molecule has 8 heteroatoms. The third kappa shape index (κ3) is 5.94. The molecule has 0 aliphatic rings. The summed E-state index contributed by atoms with van der Waals surface area (Å²) in [6.45, 7) is 1.77. The van der Waals surface area contributed by atoms with Crippen LogP contribution in [0, 0.1) is 6.92 Å². The fourth-order valence-electron chi connectivity index (χ4n) is 2.92. The molecule has 160 valence electrons. The van der Waals surface area contributed by atoms with Crippen molar-refractivity contribution < 1.29 is 13.2 Å². The highest BCUT2D eigenvalue weighted by atomic mass is 35.5. The number of nitrogens with one attached hydrogen (secondary N) is 1. The van der Waals surface area contributed by atoms with Crippen LogP contribution in [0.3, 0.4) is 0 Å². The van der Waals surface area contributed by atoms with Crippen molar-refractivity contribution in [1.29, 1.82) is 0 Å². The van der Waals surface area contributed by atoms with Gasteiger partial charge in [0.05, 0.1) is 4.90 Å². The van der Waals surface area contributed by atoms with E-state index in [9.17, 15) is 13.2 Å². The van der Waals surface area contributed by atoms with E-state index in [4.69, 9.17) is 23.2 Å². The molecule has 0 fully saturated rings. The number of hydrogen-bond acceptors (Lipinski definition) is 4. The van der Waals surface area contributed by atoms with Gasteiger partial charge in [0.2, 0.25) is 5.91 Å². The van der Waals surface area contributed by atoms with Gasteiger partial charge in [0.15, 0.2) is 9.84 Å². The first-order chi connectivity index (χ1) is 14.8. The number of carbonyl (C=O) groups excluding carboxylic acids is 1. The molecule has 31 heavy (non-hydrogen) atoms. The molecular formula is C23H20Cl2N2O3S. The summed E-state index contributed by atoms with van der Waals surface area (Å²) in [7, 11) is -3.76. The number of nitrogens with zero attached hydrogens (tertiary/aromatic N) is 1. The average molecular weight is 475 g/mol. The van der Waals surface area contributed by atoms with E-state index in [1.165, 1.54) is 12.3 Å². The molecule has 1 N–H and O–H groups in total. The van der Waals surface area contributed by atoms with Gasteiger partial charge in [-0.05, 0) is 54.5 Å². The monoisotopic (exact) mass is 474 g/mol. The van der Waals surface area contributed by atoms with Crippen molar-refractivity contribution >= 4 is 45.0 Å². The number of halogens is 2. The summed E-state index contributed by atoms with van der Waals surface area (Å²) >= 11 is 12.0. The fourth-order valence-corrected chi connectivity index (χ4v) is 5.04. The zero-order chi connectivity index (χ0) is 22.4. The van der Waals surface area contributed by atoms with Crippen molar-refractivity contribution in [3.8, 4) is 0 Å². The quantitative estimate of drug-likeness (QED) is 0.486. The molecule has 1 unspecified atom stereocenters. The van der Waals surface area contributed by atoms with Crippen molar-refractivity contribution in [3.05, 3.63) is 99.8 Å². The second-order valence-corrected chi connectivity index (χ2v) is 9.85. The molecule has 0 aliphatic carbocycles.